The Hall–Kier alpha value is -1.71. The molecule has 1 aromatic carbocycles. The van der Waals surface area contributed by atoms with Crippen molar-refractivity contribution < 1.29 is 14.6 Å². The standard InChI is InChI=1S/C17H23NO3/c1-21-13-8-9-16(19)14(11-13)17(20)18-10-4-6-12-5-2-3-7-15(12)18/h8-9,11-12,15,19H,2-7,10H2,1H3. The number of aromatic hydroxyl groups is 1. The first kappa shape index (κ1) is 14.2. The maximum atomic E-state index is 12.9. The third-order valence-electron chi connectivity index (χ3n) is 4.94. The van der Waals surface area contributed by atoms with Gasteiger partial charge in [0.05, 0.1) is 12.7 Å². The minimum atomic E-state index is -0.0528. The number of piperidine rings is 1. The quantitative estimate of drug-likeness (QED) is 0.909. The molecule has 4 heteroatoms. The highest BCUT2D eigenvalue weighted by atomic mass is 16.5. The van der Waals surface area contributed by atoms with E-state index in [1.807, 2.05) is 4.90 Å². The normalized spacial score (nSPS) is 25.3. The van der Waals surface area contributed by atoms with Gasteiger partial charge in [-0.25, -0.2) is 0 Å². The molecule has 2 fully saturated rings. The van der Waals surface area contributed by atoms with Crippen molar-refractivity contribution >= 4 is 5.91 Å². The van der Waals surface area contributed by atoms with Crippen molar-refractivity contribution in [3.8, 4) is 11.5 Å². The predicted molar refractivity (Wildman–Crippen MR) is 80.7 cm³/mol. The van der Waals surface area contributed by atoms with Gasteiger partial charge in [0.2, 0.25) is 0 Å². The lowest BCUT2D eigenvalue weighted by atomic mass is 9.78. The van der Waals surface area contributed by atoms with Crippen molar-refractivity contribution in [2.24, 2.45) is 5.92 Å². The third-order valence-corrected chi connectivity index (χ3v) is 4.94. The lowest BCUT2D eigenvalue weighted by Crippen LogP contribution is -2.49. The summed E-state index contributed by atoms with van der Waals surface area (Å²) >= 11 is 0. The lowest BCUT2D eigenvalue weighted by molar-refractivity contribution is 0.0388. The largest absolute Gasteiger partial charge is 0.507 e. The smallest absolute Gasteiger partial charge is 0.258 e. The van der Waals surface area contributed by atoms with Crippen LogP contribution < -0.4 is 4.74 Å². The number of fused-ring (bicyclic) bond motifs is 1. The number of hydrogen-bond acceptors (Lipinski definition) is 3. The second kappa shape index (κ2) is 5.96. The van der Waals surface area contributed by atoms with Crippen molar-refractivity contribution in [3.63, 3.8) is 0 Å². The van der Waals surface area contributed by atoms with Crippen LogP contribution in [0.5, 0.6) is 11.5 Å². The van der Waals surface area contributed by atoms with Crippen LogP contribution in [0.4, 0.5) is 0 Å². The van der Waals surface area contributed by atoms with Crippen LogP contribution in [-0.4, -0.2) is 35.6 Å². The summed E-state index contributed by atoms with van der Waals surface area (Å²) in [4.78, 5) is 14.8. The third kappa shape index (κ3) is 2.71. The second-order valence-corrected chi connectivity index (χ2v) is 6.14. The molecule has 21 heavy (non-hydrogen) atoms. The van der Waals surface area contributed by atoms with Crippen molar-refractivity contribution in [3.05, 3.63) is 23.8 Å². The van der Waals surface area contributed by atoms with Crippen molar-refractivity contribution in [1.29, 1.82) is 0 Å². The molecule has 1 aliphatic heterocycles. The molecule has 1 aliphatic carbocycles. The molecule has 2 aliphatic rings. The summed E-state index contributed by atoms with van der Waals surface area (Å²) in [7, 11) is 1.57. The molecule has 0 radical (unpaired) electrons. The van der Waals surface area contributed by atoms with Crippen LogP contribution in [0.1, 0.15) is 48.9 Å². The maximum absolute atomic E-state index is 12.9. The zero-order valence-corrected chi connectivity index (χ0v) is 12.5. The lowest BCUT2D eigenvalue weighted by Gasteiger charge is -2.44. The van der Waals surface area contributed by atoms with Crippen LogP contribution in [0, 0.1) is 5.92 Å². The summed E-state index contributed by atoms with van der Waals surface area (Å²) < 4.78 is 5.17. The summed E-state index contributed by atoms with van der Waals surface area (Å²) in [5, 5.41) is 10.0. The molecular weight excluding hydrogens is 266 g/mol. The molecule has 2 atom stereocenters. The summed E-state index contributed by atoms with van der Waals surface area (Å²) in [6.45, 7) is 0.802. The van der Waals surface area contributed by atoms with E-state index >= 15 is 0 Å². The van der Waals surface area contributed by atoms with Gasteiger partial charge < -0.3 is 14.7 Å². The van der Waals surface area contributed by atoms with Gasteiger partial charge in [0.25, 0.3) is 5.91 Å². The molecule has 3 rings (SSSR count). The summed E-state index contributed by atoms with van der Waals surface area (Å²) in [6.07, 6.45) is 7.12. The van der Waals surface area contributed by atoms with Gasteiger partial charge in [0, 0.05) is 12.6 Å². The highest BCUT2D eigenvalue weighted by Gasteiger charge is 2.36. The monoisotopic (exact) mass is 289 g/mol. The van der Waals surface area contributed by atoms with Crippen molar-refractivity contribution in [2.75, 3.05) is 13.7 Å². The van der Waals surface area contributed by atoms with E-state index in [9.17, 15) is 9.90 Å². The van der Waals surface area contributed by atoms with Gasteiger partial charge in [-0.2, -0.15) is 0 Å². The number of phenolic OH excluding ortho intramolecular Hbond substituents is 1. The molecule has 1 saturated heterocycles. The number of phenols is 1. The number of carbonyl (C=O) groups is 1. The number of rotatable bonds is 2. The number of ether oxygens (including phenoxy) is 1. The van der Waals surface area contributed by atoms with Crippen LogP contribution >= 0.6 is 0 Å². The van der Waals surface area contributed by atoms with Crippen LogP contribution in [0.15, 0.2) is 18.2 Å². The molecule has 1 saturated carbocycles. The van der Waals surface area contributed by atoms with Gasteiger partial charge in [-0.3, -0.25) is 4.79 Å². The Balaban J connectivity index is 1.86. The van der Waals surface area contributed by atoms with Gasteiger partial charge in [-0.1, -0.05) is 12.8 Å². The number of methoxy groups -OCH3 is 1. The fraction of sp³-hybridized carbons (Fsp3) is 0.588. The molecule has 0 aromatic heterocycles. The summed E-state index contributed by atoms with van der Waals surface area (Å²) in [6, 6.07) is 5.20. The van der Waals surface area contributed by atoms with E-state index in [2.05, 4.69) is 0 Å². The Bertz CT molecular complexity index is 527. The molecule has 1 amide bonds. The zero-order chi connectivity index (χ0) is 14.8. The van der Waals surface area contributed by atoms with Crippen LogP contribution in [-0.2, 0) is 0 Å². The van der Waals surface area contributed by atoms with E-state index in [0.717, 1.165) is 19.4 Å². The number of carbonyl (C=O) groups excluding carboxylic acids is 1. The molecule has 0 bridgehead atoms. The van der Waals surface area contributed by atoms with Gasteiger partial charge in [0.15, 0.2) is 0 Å². The molecule has 0 spiro atoms. The molecule has 1 aromatic rings. The molecular formula is C17H23NO3. The second-order valence-electron chi connectivity index (χ2n) is 6.14. The molecule has 1 N–H and O–H groups in total. The first-order valence-corrected chi connectivity index (χ1v) is 7.88. The average molecular weight is 289 g/mol. The number of amides is 1. The van der Waals surface area contributed by atoms with Crippen molar-refractivity contribution in [1.82, 2.24) is 4.90 Å². The minimum absolute atomic E-state index is 0.0405. The predicted octanol–water partition coefficient (Wildman–Crippen LogP) is 3.20. The molecule has 1 heterocycles. The summed E-state index contributed by atoms with van der Waals surface area (Å²) in [5.41, 5.74) is 0.362. The van der Waals surface area contributed by atoms with E-state index in [4.69, 9.17) is 4.74 Å². The first-order valence-electron chi connectivity index (χ1n) is 7.88. The Morgan fingerprint density at radius 2 is 2.00 bits per heavy atom. The van der Waals surface area contributed by atoms with E-state index in [0.29, 0.717) is 23.3 Å². The average Bonchev–Trinajstić information content (AvgIpc) is 2.54. The molecule has 114 valence electrons. The van der Waals surface area contributed by atoms with Gasteiger partial charge >= 0.3 is 0 Å². The highest BCUT2D eigenvalue weighted by molar-refractivity contribution is 5.97. The van der Waals surface area contributed by atoms with Gasteiger partial charge in [-0.15, -0.1) is 0 Å². The first-order chi connectivity index (χ1) is 10.2. The van der Waals surface area contributed by atoms with E-state index in [1.54, 1.807) is 19.2 Å². The maximum Gasteiger partial charge on any atom is 0.258 e. The zero-order valence-electron chi connectivity index (χ0n) is 12.5. The van der Waals surface area contributed by atoms with E-state index in [-0.39, 0.29) is 11.7 Å². The Morgan fingerprint density at radius 3 is 2.81 bits per heavy atom. The van der Waals surface area contributed by atoms with Crippen LogP contribution in [0.25, 0.3) is 0 Å². The van der Waals surface area contributed by atoms with E-state index in [1.165, 1.54) is 31.7 Å². The van der Waals surface area contributed by atoms with E-state index < -0.39 is 0 Å². The van der Waals surface area contributed by atoms with Gasteiger partial charge in [0.1, 0.15) is 11.5 Å². The summed E-state index contributed by atoms with van der Waals surface area (Å²) in [5.74, 6) is 1.24. The number of nitrogens with zero attached hydrogens (tertiary/aromatic N) is 1. The minimum Gasteiger partial charge on any atom is -0.507 e. The van der Waals surface area contributed by atoms with Crippen LogP contribution in [0.2, 0.25) is 0 Å². The van der Waals surface area contributed by atoms with Crippen LogP contribution in [0.3, 0.4) is 0 Å². The Morgan fingerprint density at radius 1 is 1.24 bits per heavy atom. The SMILES string of the molecule is COc1ccc(O)c(C(=O)N2CCCC3CCCCC32)c1. The topological polar surface area (TPSA) is 49.8 Å². The Labute approximate surface area is 125 Å². The highest BCUT2D eigenvalue weighted by Crippen LogP contribution is 2.37. The number of benzene rings is 1. The molecule has 2 unspecified atom stereocenters. The fourth-order valence-electron chi connectivity index (χ4n) is 3.85. The van der Waals surface area contributed by atoms with Crippen molar-refractivity contribution in [2.45, 2.75) is 44.6 Å². The fourth-order valence-corrected chi connectivity index (χ4v) is 3.85. The number of hydrogen-bond donors (Lipinski definition) is 1. The van der Waals surface area contributed by atoms with Gasteiger partial charge in [-0.05, 0) is 49.8 Å². The molecule has 4 nitrogen and oxygen atoms in total. The number of likely N-dealkylation sites (tertiary alicyclic amines) is 1. The Kier molecular flexibility index (Phi) is 4.04.